The normalized spacial score (nSPS) is 12.2. The maximum atomic E-state index is 11.5. The second-order valence-corrected chi connectivity index (χ2v) is 3.82. The quantitative estimate of drug-likeness (QED) is 0.873. The van der Waals surface area contributed by atoms with Crippen molar-refractivity contribution in [2.75, 3.05) is 18.2 Å². The maximum Gasteiger partial charge on any atom is 0.254 e. The first-order valence-electron chi connectivity index (χ1n) is 4.29. The second kappa shape index (κ2) is 5.09. The first-order valence-corrected chi connectivity index (χ1v) is 5.08. The summed E-state index contributed by atoms with van der Waals surface area (Å²) in [5.41, 5.74) is 6.04. The van der Waals surface area contributed by atoms with Crippen LogP contribution in [0.15, 0.2) is 16.7 Å². The molecule has 1 unspecified atom stereocenters. The summed E-state index contributed by atoms with van der Waals surface area (Å²) in [6, 6.07) is 1.67. The van der Waals surface area contributed by atoms with E-state index in [-0.39, 0.29) is 5.91 Å². The number of aromatic nitrogens is 1. The van der Waals surface area contributed by atoms with Gasteiger partial charge in [-0.3, -0.25) is 4.79 Å². The highest BCUT2D eigenvalue weighted by Crippen LogP contribution is 2.21. The van der Waals surface area contributed by atoms with Crippen LogP contribution in [0.2, 0.25) is 0 Å². The number of halogens is 1. The SMILES string of the molecule is COC(C)C(=O)Nc1ncc(N)cc1Br. The minimum atomic E-state index is -0.517. The molecule has 5 nitrogen and oxygen atoms in total. The summed E-state index contributed by atoms with van der Waals surface area (Å²) in [5.74, 6) is 0.175. The Balaban J connectivity index is 2.77. The Bertz CT molecular complexity index is 370. The van der Waals surface area contributed by atoms with Gasteiger partial charge < -0.3 is 15.8 Å². The molecule has 0 aliphatic heterocycles. The number of nitrogens with one attached hydrogen (secondary N) is 1. The van der Waals surface area contributed by atoms with E-state index in [1.165, 1.54) is 13.3 Å². The Labute approximate surface area is 96.1 Å². The van der Waals surface area contributed by atoms with Gasteiger partial charge in [-0.25, -0.2) is 4.98 Å². The number of carbonyl (C=O) groups is 1. The Morgan fingerprint density at radius 2 is 2.40 bits per heavy atom. The van der Waals surface area contributed by atoms with Crippen molar-refractivity contribution in [2.24, 2.45) is 0 Å². The molecule has 0 aliphatic carbocycles. The van der Waals surface area contributed by atoms with Crippen LogP contribution in [-0.4, -0.2) is 24.1 Å². The van der Waals surface area contributed by atoms with Crippen molar-refractivity contribution in [1.82, 2.24) is 4.98 Å². The predicted molar refractivity (Wildman–Crippen MR) is 61.5 cm³/mol. The summed E-state index contributed by atoms with van der Waals surface area (Å²) in [7, 11) is 1.47. The van der Waals surface area contributed by atoms with Crippen molar-refractivity contribution in [3.63, 3.8) is 0 Å². The lowest BCUT2D eigenvalue weighted by Crippen LogP contribution is -2.27. The second-order valence-electron chi connectivity index (χ2n) is 2.97. The minimum Gasteiger partial charge on any atom is -0.397 e. The molecule has 0 aromatic carbocycles. The number of methoxy groups -OCH3 is 1. The Kier molecular flexibility index (Phi) is 4.05. The summed E-state index contributed by atoms with van der Waals surface area (Å²) < 4.78 is 5.51. The van der Waals surface area contributed by atoms with Gasteiger partial charge >= 0.3 is 0 Å². The van der Waals surface area contributed by atoms with Gasteiger partial charge in [0.15, 0.2) is 0 Å². The molecule has 1 heterocycles. The fraction of sp³-hybridized carbons (Fsp3) is 0.333. The smallest absolute Gasteiger partial charge is 0.254 e. The molecule has 82 valence electrons. The van der Waals surface area contributed by atoms with E-state index in [1.807, 2.05) is 0 Å². The molecule has 0 spiro atoms. The lowest BCUT2D eigenvalue weighted by atomic mass is 10.3. The molecule has 0 saturated carbocycles. The van der Waals surface area contributed by atoms with Crippen molar-refractivity contribution in [3.8, 4) is 0 Å². The average Bonchev–Trinajstić information content (AvgIpc) is 2.20. The largest absolute Gasteiger partial charge is 0.397 e. The zero-order chi connectivity index (χ0) is 11.4. The number of nitrogen functional groups attached to an aromatic ring is 1. The van der Waals surface area contributed by atoms with E-state index >= 15 is 0 Å². The van der Waals surface area contributed by atoms with Crippen LogP contribution in [0, 0.1) is 0 Å². The topological polar surface area (TPSA) is 77.2 Å². The predicted octanol–water partition coefficient (Wildman–Crippen LogP) is 1.40. The van der Waals surface area contributed by atoms with E-state index in [1.54, 1.807) is 13.0 Å². The van der Waals surface area contributed by atoms with E-state index < -0.39 is 6.10 Å². The van der Waals surface area contributed by atoms with Crippen LogP contribution < -0.4 is 11.1 Å². The molecular formula is C9H12BrN3O2. The highest BCUT2D eigenvalue weighted by molar-refractivity contribution is 9.10. The molecule has 0 radical (unpaired) electrons. The van der Waals surface area contributed by atoms with Gasteiger partial charge in [-0.2, -0.15) is 0 Å². The Morgan fingerprint density at radius 1 is 1.73 bits per heavy atom. The van der Waals surface area contributed by atoms with Gasteiger partial charge in [-0.15, -0.1) is 0 Å². The molecule has 1 atom stereocenters. The molecule has 1 amide bonds. The van der Waals surface area contributed by atoms with Crippen molar-refractivity contribution in [3.05, 3.63) is 16.7 Å². The number of hydrogen-bond acceptors (Lipinski definition) is 4. The number of hydrogen-bond donors (Lipinski definition) is 2. The van der Waals surface area contributed by atoms with E-state index in [9.17, 15) is 4.79 Å². The van der Waals surface area contributed by atoms with Crippen LogP contribution in [-0.2, 0) is 9.53 Å². The molecule has 1 aromatic rings. The lowest BCUT2D eigenvalue weighted by Gasteiger charge is -2.10. The van der Waals surface area contributed by atoms with Crippen LogP contribution in [0.3, 0.4) is 0 Å². The molecule has 0 saturated heterocycles. The summed E-state index contributed by atoms with van der Waals surface area (Å²) in [6.07, 6.45) is 0.953. The van der Waals surface area contributed by atoms with Gasteiger partial charge in [-0.05, 0) is 28.9 Å². The highest BCUT2D eigenvalue weighted by atomic mass is 79.9. The van der Waals surface area contributed by atoms with Gasteiger partial charge in [-0.1, -0.05) is 0 Å². The van der Waals surface area contributed by atoms with Gasteiger partial charge in [0.25, 0.3) is 5.91 Å². The summed E-state index contributed by atoms with van der Waals surface area (Å²) in [6.45, 7) is 1.65. The number of amides is 1. The third-order valence-electron chi connectivity index (χ3n) is 1.83. The number of rotatable bonds is 3. The monoisotopic (exact) mass is 273 g/mol. The summed E-state index contributed by atoms with van der Waals surface area (Å²) >= 11 is 3.25. The van der Waals surface area contributed by atoms with Crippen molar-refractivity contribution >= 4 is 33.3 Å². The van der Waals surface area contributed by atoms with Crippen LogP contribution in [0.5, 0.6) is 0 Å². The fourth-order valence-electron chi connectivity index (χ4n) is 0.870. The Hall–Kier alpha value is -1.14. The molecule has 0 aliphatic rings. The van der Waals surface area contributed by atoms with Gasteiger partial charge in [0.05, 0.1) is 16.4 Å². The molecule has 0 bridgehead atoms. The van der Waals surface area contributed by atoms with E-state index in [4.69, 9.17) is 10.5 Å². The number of nitrogens with two attached hydrogens (primary N) is 1. The number of anilines is 2. The highest BCUT2D eigenvalue weighted by Gasteiger charge is 2.13. The summed E-state index contributed by atoms with van der Waals surface area (Å²) in [5, 5.41) is 2.61. The first kappa shape index (κ1) is 11.9. The minimum absolute atomic E-state index is 0.254. The molecule has 6 heteroatoms. The molecule has 15 heavy (non-hydrogen) atoms. The maximum absolute atomic E-state index is 11.5. The zero-order valence-corrected chi connectivity index (χ0v) is 10.0. The molecule has 1 rings (SSSR count). The lowest BCUT2D eigenvalue weighted by molar-refractivity contribution is -0.124. The molecule has 1 aromatic heterocycles. The zero-order valence-electron chi connectivity index (χ0n) is 8.45. The third-order valence-corrected chi connectivity index (χ3v) is 2.43. The number of carbonyl (C=O) groups excluding carboxylic acids is 1. The van der Waals surface area contributed by atoms with Gasteiger partial charge in [0.1, 0.15) is 11.9 Å². The number of pyridine rings is 1. The van der Waals surface area contributed by atoms with Crippen molar-refractivity contribution in [1.29, 1.82) is 0 Å². The third kappa shape index (κ3) is 3.17. The number of nitrogens with zero attached hydrogens (tertiary/aromatic N) is 1. The van der Waals surface area contributed by atoms with Crippen molar-refractivity contribution in [2.45, 2.75) is 13.0 Å². The van der Waals surface area contributed by atoms with Crippen LogP contribution >= 0.6 is 15.9 Å². The molecule has 0 fully saturated rings. The van der Waals surface area contributed by atoms with Crippen LogP contribution in [0.25, 0.3) is 0 Å². The van der Waals surface area contributed by atoms with Crippen LogP contribution in [0.4, 0.5) is 11.5 Å². The van der Waals surface area contributed by atoms with Gasteiger partial charge in [0, 0.05) is 7.11 Å². The van der Waals surface area contributed by atoms with Crippen molar-refractivity contribution < 1.29 is 9.53 Å². The van der Waals surface area contributed by atoms with E-state index in [0.717, 1.165) is 0 Å². The standard InChI is InChI=1S/C9H12BrN3O2/c1-5(15-2)9(14)13-8-7(10)3-6(11)4-12-8/h3-5H,11H2,1-2H3,(H,12,13,14). The average molecular weight is 274 g/mol. The number of ether oxygens (including phenoxy) is 1. The Morgan fingerprint density at radius 3 is 2.93 bits per heavy atom. The molecule has 3 N–H and O–H groups in total. The fourth-order valence-corrected chi connectivity index (χ4v) is 1.34. The van der Waals surface area contributed by atoms with E-state index in [2.05, 4.69) is 26.2 Å². The first-order chi connectivity index (χ1) is 7.04. The molecular weight excluding hydrogens is 262 g/mol. The van der Waals surface area contributed by atoms with Gasteiger partial charge in [0.2, 0.25) is 0 Å². The van der Waals surface area contributed by atoms with Crippen LogP contribution in [0.1, 0.15) is 6.92 Å². The van der Waals surface area contributed by atoms with E-state index in [0.29, 0.717) is 16.0 Å². The summed E-state index contributed by atoms with van der Waals surface area (Å²) in [4.78, 5) is 15.4.